The van der Waals surface area contributed by atoms with Crippen molar-refractivity contribution in [3.8, 4) is 6.07 Å². The SMILES string of the molecule is N#Cc1ccncc1Sc1ccc(Br)cc1. The Kier molecular flexibility index (Phi) is 3.60. The van der Waals surface area contributed by atoms with Crippen LogP contribution >= 0.6 is 27.7 Å². The Morgan fingerprint density at radius 3 is 2.62 bits per heavy atom. The molecule has 0 saturated heterocycles. The highest BCUT2D eigenvalue weighted by Crippen LogP contribution is 2.30. The molecule has 0 bridgehead atoms. The van der Waals surface area contributed by atoms with Crippen molar-refractivity contribution in [2.75, 3.05) is 0 Å². The zero-order valence-corrected chi connectivity index (χ0v) is 10.6. The summed E-state index contributed by atoms with van der Waals surface area (Å²) in [7, 11) is 0. The van der Waals surface area contributed by atoms with Gasteiger partial charge >= 0.3 is 0 Å². The lowest BCUT2D eigenvalue weighted by Crippen LogP contribution is -1.82. The van der Waals surface area contributed by atoms with Gasteiger partial charge in [-0.25, -0.2) is 0 Å². The average Bonchev–Trinajstić information content (AvgIpc) is 2.33. The van der Waals surface area contributed by atoms with E-state index in [9.17, 15) is 0 Å². The molecule has 4 heteroatoms. The lowest BCUT2D eigenvalue weighted by molar-refractivity contribution is 1.21. The normalized spacial score (nSPS) is 9.75. The molecule has 0 aliphatic rings. The van der Waals surface area contributed by atoms with Crippen LogP contribution in [0.1, 0.15) is 5.56 Å². The standard InChI is InChI=1S/C12H7BrN2S/c13-10-1-3-11(4-2-10)16-12-8-15-6-5-9(12)7-14/h1-6,8H. The van der Waals surface area contributed by atoms with Crippen molar-refractivity contribution in [3.05, 3.63) is 52.8 Å². The number of nitriles is 1. The van der Waals surface area contributed by atoms with E-state index in [2.05, 4.69) is 27.0 Å². The Morgan fingerprint density at radius 2 is 1.94 bits per heavy atom. The maximum Gasteiger partial charge on any atom is 0.100 e. The number of benzene rings is 1. The quantitative estimate of drug-likeness (QED) is 0.842. The third-order valence-electron chi connectivity index (χ3n) is 1.95. The van der Waals surface area contributed by atoms with Gasteiger partial charge in [0.1, 0.15) is 6.07 Å². The molecule has 78 valence electrons. The topological polar surface area (TPSA) is 36.7 Å². The summed E-state index contributed by atoms with van der Waals surface area (Å²) in [4.78, 5) is 6.00. The minimum Gasteiger partial charge on any atom is -0.263 e. The predicted molar refractivity (Wildman–Crippen MR) is 67.2 cm³/mol. The molecular weight excluding hydrogens is 284 g/mol. The Labute approximate surface area is 106 Å². The molecule has 1 heterocycles. The Bertz CT molecular complexity index is 531. The van der Waals surface area contributed by atoms with E-state index in [4.69, 9.17) is 5.26 Å². The van der Waals surface area contributed by atoms with E-state index in [0.717, 1.165) is 14.3 Å². The fourth-order valence-electron chi connectivity index (χ4n) is 1.18. The second-order valence-electron chi connectivity index (χ2n) is 3.04. The van der Waals surface area contributed by atoms with E-state index >= 15 is 0 Å². The van der Waals surface area contributed by atoms with Gasteiger partial charge in [0.2, 0.25) is 0 Å². The zero-order valence-electron chi connectivity index (χ0n) is 8.22. The van der Waals surface area contributed by atoms with Crippen molar-refractivity contribution < 1.29 is 0 Å². The molecule has 0 aliphatic heterocycles. The molecule has 0 radical (unpaired) electrons. The molecule has 0 saturated carbocycles. The average molecular weight is 291 g/mol. The van der Waals surface area contributed by atoms with Crippen molar-refractivity contribution >= 4 is 27.7 Å². The van der Waals surface area contributed by atoms with Gasteiger partial charge in [-0.2, -0.15) is 5.26 Å². The van der Waals surface area contributed by atoms with Crippen molar-refractivity contribution in [1.29, 1.82) is 5.26 Å². The van der Waals surface area contributed by atoms with Crippen LogP contribution in [0.25, 0.3) is 0 Å². The Morgan fingerprint density at radius 1 is 1.19 bits per heavy atom. The first-order valence-electron chi connectivity index (χ1n) is 4.57. The fraction of sp³-hybridized carbons (Fsp3) is 0. The molecule has 2 aromatic rings. The summed E-state index contributed by atoms with van der Waals surface area (Å²) in [6.07, 6.45) is 3.34. The minimum atomic E-state index is 0.655. The van der Waals surface area contributed by atoms with Crippen LogP contribution < -0.4 is 0 Å². The number of halogens is 1. The highest BCUT2D eigenvalue weighted by atomic mass is 79.9. The van der Waals surface area contributed by atoms with Gasteiger partial charge in [0.25, 0.3) is 0 Å². The number of pyridine rings is 1. The Hall–Kier alpha value is -1.31. The third kappa shape index (κ3) is 2.63. The van der Waals surface area contributed by atoms with E-state index in [1.54, 1.807) is 30.2 Å². The number of hydrogen-bond acceptors (Lipinski definition) is 3. The number of aromatic nitrogens is 1. The first-order valence-corrected chi connectivity index (χ1v) is 6.18. The van der Waals surface area contributed by atoms with E-state index in [0.29, 0.717) is 5.56 Å². The number of hydrogen-bond donors (Lipinski definition) is 0. The summed E-state index contributed by atoms with van der Waals surface area (Å²) in [6, 6.07) is 11.8. The van der Waals surface area contributed by atoms with E-state index < -0.39 is 0 Å². The van der Waals surface area contributed by atoms with Crippen LogP contribution in [0.2, 0.25) is 0 Å². The summed E-state index contributed by atoms with van der Waals surface area (Å²) in [5.41, 5.74) is 0.655. The van der Waals surface area contributed by atoms with Crippen molar-refractivity contribution in [1.82, 2.24) is 4.98 Å². The van der Waals surface area contributed by atoms with Gasteiger partial charge in [-0.05, 0) is 30.3 Å². The van der Waals surface area contributed by atoms with Crippen LogP contribution in [0.4, 0.5) is 0 Å². The first kappa shape index (κ1) is 11.2. The van der Waals surface area contributed by atoms with Gasteiger partial charge in [-0.3, -0.25) is 4.98 Å². The number of nitrogens with zero attached hydrogens (tertiary/aromatic N) is 2. The van der Waals surface area contributed by atoms with E-state index in [1.807, 2.05) is 24.3 Å². The molecule has 0 aliphatic carbocycles. The van der Waals surface area contributed by atoms with Gasteiger partial charge in [0.15, 0.2) is 0 Å². The van der Waals surface area contributed by atoms with E-state index in [-0.39, 0.29) is 0 Å². The van der Waals surface area contributed by atoms with Gasteiger partial charge in [-0.1, -0.05) is 27.7 Å². The van der Waals surface area contributed by atoms with Crippen LogP contribution in [-0.2, 0) is 0 Å². The molecule has 0 unspecified atom stereocenters. The first-order chi connectivity index (χ1) is 7.79. The van der Waals surface area contributed by atoms with E-state index in [1.165, 1.54) is 0 Å². The van der Waals surface area contributed by atoms with Crippen LogP contribution in [-0.4, -0.2) is 4.98 Å². The highest BCUT2D eigenvalue weighted by molar-refractivity contribution is 9.10. The molecule has 0 spiro atoms. The van der Waals surface area contributed by atoms with Gasteiger partial charge in [0.05, 0.1) is 5.56 Å². The van der Waals surface area contributed by atoms with Gasteiger partial charge in [0, 0.05) is 26.7 Å². The summed E-state index contributed by atoms with van der Waals surface area (Å²) in [5, 5.41) is 8.94. The van der Waals surface area contributed by atoms with Crippen LogP contribution in [0, 0.1) is 11.3 Å². The maximum absolute atomic E-state index is 8.94. The molecule has 1 aromatic carbocycles. The smallest absolute Gasteiger partial charge is 0.100 e. The number of rotatable bonds is 2. The summed E-state index contributed by atoms with van der Waals surface area (Å²) in [5.74, 6) is 0. The maximum atomic E-state index is 8.94. The second-order valence-corrected chi connectivity index (χ2v) is 5.07. The third-order valence-corrected chi connectivity index (χ3v) is 3.53. The zero-order chi connectivity index (χ0) is 11.4. The minimum absolute atomic E-state index is 0.655. The fourth-order valence-corrected chi connectivity index (χ4v) is 2.31. The molecule has 0 atom stereocenters. The largest absolute Gasteiger partial charge is 0.263 e. The molecule has 0 amide bonds. The summed E-state index contributed by atoms with van der Waals surface area (Å²) in [6.45, 7) is 0. The summed E-state index contributed by atoms with van der Waals surface area (Å²) < 4.78 is 1.04. The second kappa shape index (κ2) is 5.15. The molecule has 16 heavy (non-hydrogen) atoms. The van der Waals surface area contributed by atoms with Crippen LogP contribution in [0.3, 0.4) is 0 Å². The molecule has 1 aromatic heterocycles. The van der Waals surface area contributed by atoms with Crippen molar-refractivity contribution in [3.63, 3.8) is 0 Å². The van der Waals surface area contributed by atoms with Crippen LogP contribution in [0.15, 0.2) is 57.0 Å². The highest BCUT2D eigenvalue weighted by Gasteiger charge is 2.03. The van der Waals surface area contributed by atoms with Crippen LogP contribution in [0.5, 0.6) is 0 Å². The molecular formula is C12H7BrN2S. The molecule has 0 fully saturated rings. The van der Waals surface area contributed by atoms with Crippen molar-refractivity contribution in [2.45, 2.75) is 9.79 Å². The monoisotopic (exact) mass is 290 g/mol. The lowest BCUT2D eigenvalue weighted by atomic mass is 10.3. The molecule has 2 nitrogen and oxygen atoms in total. The molecule has 2 rings (SSSR count). The predicted octanol–water partition coefficient (Wildman–Crippen LogP) is 3.87. The lowest BCUT2D eigenvalue weighted by Gasteiger charge is -2.02. The van der Waals surface area contributed by atoms with Gasteiger partial charge < -0.3 is 0 Å². The van der Waals surface area contributed by atoms with Crippen molar-refractivity contribution in [2.24, 2.45) is 0 Å². The Balaban J connectivity index is 2.27. The molecule has 0 N–H and O–H groups in total. The van der Waals surface area contributed by atoms with Gasteiger partial charge in [-0.15, -0.1) is 0 Å². The summed E-state index contributed by atoms with van der Waals surface area (Å²) >= 11 is 4.93.